The molecule has 1 rings (SSSR count). The highest BCUT2D eigenvalue weighted by Gasteiger charge is 2.32. The van der Waals surface area contributed by atoms with Crippen LogP contribution in [-0.2, 0) is 35.2 Å². The number of carboxylic acids is 1. The Labute approximate surface area is 341 Å². The van der Waals surface area contributed by atoms with Crippen molar-refractivity contribution in [3.63, 3.8) is 0 Å². The second-order valence-corrected chi connectivity index (χ2v) is 13.4. The van der Waals surface area contributed by atoms with Gasteiger partial charge in [-0.2, -0.15) is 25.3 Å². The van der Waals surface area contributed by atoms with Crippen LogP contribution in [0.1, 0.15) is 44.1 Å². The number of nitrogens with zero attached hydrogens (tertiary/aromatic N) is 3. The zero-order valence-electron chi connectivity index (χ0n) is 31.5. The number of guanidine groups is 3. The first-order valence-corrected chi connectivity index (χ1v) is 19.2. The van der Waals surface area contributed by atoms with E-state index in [9.17, 15) is 33.9 Å². The molecule has 22 nitrogen and oxygen atoms in total. The van der Waals surface area contributed by atoms with Crippen LogP contribution >= 0.6 is 25.3 Å². The Balaban J connectivity index is 3.48. The summed E-state index contributed by atoms with van der Waals surface area (Å²) in [5, 5.41) is 22.4. The molecule has 0 aromatic heterocycles. The normalized spacial score (nSPS) is 13.8. The monoisotopic (exact) mass is 839 g/mol. The summed E-state index contributed by atoms with van der Waals surface area (Å²) < 4.78 is 0. The van der Waals surface area contributed by atoms with Crippen LogP contribution in [0.15, 0.2) is 45.3 Å². The minimum absolute atomic E-state index is 0.0141. The van der Waals surface area contributed by atoms with Gasteiger partial charge < -0.3 is 71.8 Å². The van der Waals surface area contributed by atoms with Crippen LogP contribution in [0.3, 0.4) is 0 Å². The van der Waals surface area contributed by atoms with Crippen LogP contribution in [-0.4, -0.2) is 126 Å². The molecule has 0 aliphatic rings. The van der Waals surface area contributed by atoms with E-state index in [-0.39, 0.29) is 94.0 Å². The molecule has 6 atom stereocenters. The maximum absolute atomic E-state index is 14.0. The minimum atomic E-state index is -1.36. The number of thiol groups is 2. The van der Waals surface area contributed by atoms with Crippen LogP contribution in [0.5, 0.6) is 0 Å². The lowest BCUT2D eigenvalue weighted by Gasteiger charge is -2.27. The topological polar surface area (TPSA) is 402 Å². The second-order valence-electron chi connectivity index (χ2n) is 12.7. The molecule has 318 valence electrons. The van der Waals surface area contributed by atoms with Crippen molar-refractivity contribution >= 4 is 78.6 Å². The van der Waals surface area contributed by atoms with E-state index in [0.717, 1.165) is 0 Å². The van der Waals surface area contributed by atoms with Crippen molar-refractivity contribution in [3.05, 3.63) is 35.9 Å². The summed E-state index contributed by atoms with van der Waals surface area (Å²) in [5.74, 6) is -5.99. The molecule has 1 aromatic rings. The van der Waals surface area contributed by atoms with Crippen LogP contribution in [0, 0.1) is 0 Å². The Morgan fingerprint density at radius 1 is 0.544 bits per heavy atom. The van der Waals surface area contributed by atoms with Crippen molar-refractivity contribution in [1.29, 1.82) is 0 Å². The minimum Gasteiger partial charge on any atom is -0.480 e. The summed E-state index contributed by atoms with van der Waals surface area (Å²) in [5.41, 5.74) is 39.1. The number of rotatable bonds is 27. The number of carbonyl (C=O) groups is 6. The van der Waals surface area contributed by atoms with E-state index in [1.54, 1.807) is 30.3 Å². The van der Waals surface area contributed by atoms with Gasteiger partial charge in [0.05, 0.1) is 6.04 Å². The summed E-state index contributed by atoms with van der Waals surface area (Å²) >= 11 is 8.04. The number of aliphatic imine (C=N–C) groups is 3. The molecule has 0 radical (unpaired) electrons. The largest absolute Gasteiger partial charge is 0.480 e. The van der Waals surface area contributed by atoms with Gasteiger partial charge in [0.25, 0.3) is 0 Å². The molecule has 0 spiro atoms. The fourth-order valence-electron chi connectivity index (χ4n) is 5.01. The van der Waals surface area contributed by atoms with Crippen molar-refractivity contribution in [2.24, 2.45) is 55.1 Å². The lowest BCUT2D eigenvalue weighted by molar-refractivity contribution is -0.141. The third-order valence-corrected chi connectivity index (χ3v) is 8.74. The number of hydrogen-bond acceptors (Lipinski definition) is 12. The molecule has 5 amide bonds. The number of hydrogen-bond donors (Lipinski definition) is 15. The van der Waals surface area contributed by atoms with Crippen LogP contribution in [0.4, 0.5) is 0 Å². The molecule has 1 aromatic carbocycles. The quantitative estimate of drug-likeness (QED) is 0.0171. The van der Waals surface area contributed by atoms with Crippen LogP contribution < -0.4 is 66.7 Å². The molecule has 0 aliphatic heterocycles. The summed E-state index contributed by atoms with van der Waals surface area (Å²) in [4.78, 5) is 91.1. The average molecular weight is 840 g/mol. The van der Waals surface area contributed by atoms with Gasteiger partial charge in [0.1, 0.15) is 30.2 Å². The van der Waals surface area contributed by atoms with E-state index in [1.165, 1.54) is 0 Å². The third kappa shape index (κ3) is 20.8. The molecule has 57 heavy (non-hydrogen) atoms. The Bertz CT molecular complexity index is 1560. The van der Waals surface area contributed by atoms with Gasteiger partial charge in [0.2, 0.25) is 29.5 Å². The molecule has 0 fully saturated rings. The first kappa shape index (κ1) is 49.5. The molecular weight excluding hydrogens is 783 g/mol. The Hall–Kier alpha value is -5.49. The standard InChI is InChI=1S/C33H57N15O7S2/c34-19(16-56)25(49)44-20(9-4-12-41-31(35)36)26(50)45-21(10-5-13-42-32(37)38)27(51)46-22(11-6-14-43-33(39)40)28(52)47-23(15-18-7-2-1-3-8-18)29(53)48-24(17-57)30(54)55/h1-3,7-8,19-24,56-57H,4-6,9-17,34H2,(H,44,49)(H,45,50)(H,46,51)(H,47,52)(H,48,53)(H,54,55)(H4,35,36,41)(H4,37,38,42)(H4,39,40,43)/t19-,20-,21-,22-,23-,24-/m0/s1. The van der Waals surface area contributed by atoms with E-state index in [2.05, 4.69) is 66.8 Å². The van der Waals surface area contributed by atoms with Crippen molar-refractivity contribution in [2.75, 3.05) is 31.1 Å². The van der Waals surface area contributed by atoms with Crippen molar-refractivity contribution in [2.45, 2.75) is 81.2 Å². The predicted octanol–water partition coefficient (Wildman–Crippen LogP) is -4.91. The van der Waals surface area contributed by atoms with Crippen molar-refractivity contribution < 1.29 is 33.9 Å². The smallest absolute Gasteiger partial charge is 0.327 e. The van der Waals surface area contributed by atoms with Crippen LogP contribution in [0.25, 0.3) is 0 Å². The number of benzene rings is 1. The maximum Gasteiger partial charge on any atom is 0.327 e. The fraction of sp³-hybridized carbons (Fsp3) is 0.545. The van der Waals surface area contributed by atoms with Gasteiger partial charge in [-0.3, -0.25) is 38.9 Å². The number of carboxylic acid groups (broad SMARTS) is 1. The van der Waals surface area contributed by atoms with Crippen molar-refractivity contribution in [1.82, 2.24) is 26.6 Å². The highest BCUT2D eigenvalue weighted by Crippen LogP contribution is 2.09. The summed E-state index contributed by atoms with van der Waals surface area (Å²) in [6.45, 7) is 0.293. The van der Waals surface area contributed by atoms with Gasteiger partial charge in [-0.1, -0.05) is 30.3 Å². The molecule has 0 aliphatic carbocycles. The van der Waals surface area contributed by atoms with E-state index < -0.39 is 71.8 Å². The van der Waals surface area contributed by atoms with E-state index in [0.29, 0.717) is 5.56 Å². The molecule has 0 saturated carbocycles. The zero-order chi connectivity index (χ0) is 42.9. The summed E-state index contributed by atoms with van der Waals surface area (Å²) in [6.07, 6.45) is 0.575. The summed E-state index contributed by atoms with van der Waals surface area (Å²) in [6, 6.07) is 1.14. The van der Waals surface area contributed by atoms with Gasteiger partial charge in [-0.25, -0.2) is 4.79 Å². The van der Waals surface area contributed by atoms with Gasteiger partial charge >= 0.3 is 5.97 Å². The van der Waals surface area contributed by atoms with E-state index >= 15 is 0 Å². The van der Waals surface area contributed by atoms with Gasteiger partial charge in [0, 0.05) is 37.6 Å². The molecule has 0 saturated heterocycles. The molecule has 24 heteroatoms. The highest BCUT2D eigenvalue weighted by atomic mass is 32.1. The van der Waals surface area contributed by atoms with E-state index in [1.807, 2.05) is 0 Å². The van der Waals surface area contributed by atoms with Gasteiger partial charge in [-0.05, 0) is 44.1 Å². The molecule has 20 N–H and O–H groups in total. The Morgan fingerprint density at radius 3 is 1.25 bits per heavy atom. The number of aliphatic carboxylic acids is 1. The fourth-order valence-corrected chi connectivity index (χ4v) is 5.43. The number of amides is 5. The Kier molecular flexibility index (Phi) is 23.6. The lowest BCUT2D eigenvalue weighted by Crippen LogP contribution is -2.59. The first-order valence-electron chi connectivity index (χ1n) is 17.9. The average Bonchev–Trinajstić information content (AvgIpc) is 3.16. The number of nitrogens with one attached hydrogen (secondary N) is 5. The second kappa shape index (κ2) is 27.2. The maximum atomic E-state index is 14.0. The highest BCUT2D eigenvalue weighted by molar-refractivity contribution is 7.80. The molecule has 0 bridgehead atoms. The van der Waals surface area contributed by atoms with Crippen molar-refractivity contribution in [3.8, 4) is 0 Å². The first-order chi connectivity index (χ1) is 27.0. The van der Waals surface area contributed by atoms with Gasteiger partial charge in [0.15, 0.2) is 17.9 Å². The lowest BCUT2D eigenvalue weighted by atomic mass is 10.0. The Morgan fingerprint density at radius 2 is 0.895 bits per heavy atom. The van der Waals surface area contributed by atoms with E-state index in [4.69, 9.17) is 40.1 Å². The van der Waals surface area contributed by atoms with Crippen LogP contribution in [0.2, 0.25) is 0 Å². The third-order valence-electron chi connectivity index (χ3n) is 7.98. The number of nitrogens with two attached hydrogens (primary N) is 7. The molecule has 0 unspecified atom stereocenters. The predicted molar refractivity (Wildman–Crippen MR) is 223 cm³/mol. The molecular formula is C33H57N15O7S2. The number of carbonyl (C=O) groups excluding carboxylic acids is 5. The zero-order valence-corrected chi connectivity index (χ0v) is 33.3. The van der Waals surface area contributed by atoms with Gasteiger partial charge in [-0.15, -0.1) is 0 Å². The SMILES string of the molecule is NC(N)=NCCC[C@H](NC(=O)[C@H](CCCN=C(N)N)NC(=O)[C@H](CCCN=C(N)N)NC(=O)[C@@H](N)CS)C(=O)N[C@@H](Cc1ccccc1)C(=O)N[C@@H](CS)C(=O)O. The summed E-state index contributed by atoms with van der Waals surface area (Å²) in [7, 11) is 0. The molecule has 0 heterocycles.